The second kappa shape index (κ2) is 10.2. The summed E-state index contributed by atoms with van der Waals surface area (Å²) >= 11 is 0. The van der Waals surface area contributed by atoms with E-state index in [0.29, 0.717) is 11.3 Å². The average Bonchev–Trinajstić information content (AvgIpc) is 3.26. The first-order valence-electron chi connectivity index (χ1n) is 10.4. The predicted octanol–water partition coefficient (Wildman–Crippen LogP) is 3.85. The molecule has 0 saturated heterocycles. The maximum Gasteiger partial charge on any atom is 0.242 e. The average molecular weight is 413 g/mol. The number of ether oxygens (including phenoxy) is 1. The summed E-state index contributed by atoms with van der Waals surface area (Å²) in [6.45, 7) is 1.97. The lowest BCUT2D eigenvalue weighted by Gasteiger charge is -2.30. The summed E-state index contributed by atoms with van der Waals surface area (Å²) in [7, 11) is 1.58. The van der Waals surface area contributed by atoms with Gasteiger partial charge in [-0.15, -0.1) is 0 Å². The van der Waals surface area contributed by atoms with Crippen LogP contribution in [0.3, 0.4) is 0 Å². The molecule has 1 aliphatic rings. The van der Waals surface area contributed by atoms with Crippen LogP contribution in [0.2, 0.25) is 0 Å². The van der Waals surface area contributed by atoms with E-state index in [2.05, 4.69) is 5.32 Å². The Morgan fingerprint density at radius 2 is 1.90 bits per heavy atom. The molecule has 2 aromatic carbocycles. The fourth-order valence-electron chi connectivity index (χ4n) is 3.85. The van der Waals surface area contributed by atoms with E-state index in [-0.39, 0.29) is 30.8 Å². The van der Waals surface area contributed by atoms with Crippen LogP contribution in [-0.4, -0.2) is 35.9 Å². The van der Waals surface area contributed by atoms with Crippen molar-refractivity contribution < 1.29 is 18.7 Å². The van der Waals surface area contributed by atoms with Crippen LogP contribution < -0.4 is 10.1 Å². The molecule has 2 aromatic rings. The van der Waals surface area contributed by atoms with Gasteiger partial charge in [0.25, 0.3) is 0 Å². The van der Waals surface area contributed by atoms with Crippen molar-refractivity contribution in [2.45, 2.75) is 57.7 Å². The van der Waals surface area contributed by atoms with E-state index < -0.39 is 11.9 Å². The van der Waals surface area contributed by atoms with Gasteiger partial charge in [0, 0.05) is 12.6 Å². The minimum atomic E-state index is -0.670. The van der Waals surface area contributed by atoms with Crippen molar-refractivity contribution in [3.8, 4) is 5.75 Å². The molecule has 0 unspecified atom stereocenters. The van der Waals surface area contributed by atoms with Crippen LogP contribution >= 0.6 is 0 Å². The summed E-state index contributed by atoms with van der Waals surface area (Å²) in [6.07, 6.45) is 4.06. The number of hydrogen-bond acceptors (Lipinski definition) is 3. The highest BCUT2D eigenvalue weighted by atomic mass is 19.1. The number of methoxy groups -OCH3 is 1. The van der Waals surface area contributed by atoms with Crippen molar-refractivity contribution in [1.82, 2.24) is 10.2 Å². The number of benzene rings is 2. The lowest BCUT2D eigenvalue weighted by molar-refractivity contribution is -0.140. The lowest BCUT2D eigenvalue weighted by atomic mass is 10.1. The second-order valence-electron chi connectivity index (χ2n) is 7.81. The Morgan fingerprint density at radius 3 is 2.60 bits per heavy atom. The Kier molecular flexibility index (Phi) is 7.44. The van der Waals surface area contributed by atoms with Gasteiger partial charge in [-0.1, -0.05) is 43.2 Å². The van der Waals surface area contributed by atoms with Crippen LogP contribution in [0.25, 0.3) is 0 Å². The van der Waals surface area contributed by atoms with Gasteiger partial charge in [-0.2, -0.15) is 0 Å². The first kappa shape index (κ1) is 21.8. The monoisotopic (exact) mass is 412 g/mol. The summed E-state index contributed by atoms with van der Waals surface area (Å²) in [5, 5.41) is 3.07. The number of amides is 2. The fraction of sp³-hybridized carbons (Fsp3) is 0.417. The van der Waals surface area contributed by atoms with Crippen LogP contribution in [-0.2, 0) is 22.6 Å². The topological polar surface area (TPSA) is 58.6 Å². The number of nitrogens with zero attached hydrogens (tertiary/aromatic N) is 1. The quantitative estimate of drug-likeness (QED) is 0.716. The molecule has 1 fully saturated rings. The van der Waals surface area contributed by atoms with Crippen LogP contribution in [0.4, 0.5) is 4.39 Å². The van der Waals surface area contributed by atoms with Crippen LogP contribution in [0.15, 0.2) is 48.5 Å². The van der Waals surface area contributed by atoms with E-state index in [1.807, 2.05) is 24.3 Å². The molecule has 6 heteroatoms. The molecule has 0 aliphatic heterocycles. The molecule has 2 amide bonds. The molecule has 0 spiro atoms. The van der Waals surface area contributed by atoms with E-state index in [4.69, 9.17) is 4.74 Å². The third kappa shape index (κ3) is 5.59. The van der Waals surface area contributed by atoms with Crippen molar-refractivity contribution in [1.29, 1.82) is 0 Å². The molecule has 3 rings (SSSR count). The van der Waals surface area contributed by atoms with E-state index in [1.165, 1.54) is 11.0 Å². The van der Waals surface area contributed by atoms with Gasteiger partial charge >= 0.3 is 0 Å². The summed E-state index contributed by atoms with van der Waals surface area (Å²) in [4.78, 5) is 27.5. The lowest BCUT2D eigenvalue weighted by Crippen LogP contribution is -2.50. The predicted molar refractivity (Wildman–Crippen MR) is 114 cm³/mol. The molecular weight excluding hydrogens is 383 g/mol. The molecular formula is C24H29FN2O3. The summed E-state index contributed by atoms with van der Waals surface area (Å²) in [5.41, 5.74) is 1.17. The first-order valence-corrected chi connectivity index (χ1v) is 10.4. The van der Waals surface area contributed by atoms with Crippen molar-refractivity contribution in [3.63, 3.8) is 0 Å². The fourth-order valence-corrected chi connectivity index (χ4v) is 3.85. The Bertz CT molecular complexity index is 880. The van der Waals surface area contributed by atoms with Crippen molar-refractivity contribution in [2.24, 2.45) is 0 Å². The number of halogens is 1. The maximum absolute atomic E-state index is 14.1. The smallest absolute Gasteiger partial charge is 0.242 e. The third-order valence-electron chi connectivity index (χ3n) is 5.66. The molecule has 0 heterocycles. The Morgan fingerprint density at radius 1 is 1.17 bits per heavy atom. The van der Waals surface area contributed by atoms with E-state index in [0.717, 1.165) is 31.2 Å². The zero-order valence-corrected chi connectivity index (χ0v) is 17.6. The molecule has 5 nitrogen and oxygen atoms in total. The number of nitrogens with one attached hydrogen (secondary N) is 1. The third-order valence-corrected chi connectivity index (χ3v) is 5.66. The molecule has 30 heavy (non-hydrogen) atoms. The minimum absolute atomic E-state index is 0.0995. The molecule has 1 aliphatic carbocycles. The van der Waals surface area contributed by atoms with E-state index in [9.17, 15) is 14.0 Å². The standard InChI is InChI=1S/C24H29FN2O3/c1-17(24(29)26-20-10-4-5-11-20)27(16-18-8-7-12-21(14-18)30-2)23(28)15-19-9-3-6-13-22(19)25/h3,6-9,12-14,17,20H,4-5,10-11,15-16H2,1-2H3,(H,26,29)/t17-/m1/s1. The van der Waals surface area contributed by atoms with Gasteiger partial charge in [0.1, 0.15) is 17.6 Å². The van der Waals surface area contributed by atoms with Crippen LogP contribution in [0.5, 0.6) is 5.75 Å². The largest absolute Gasteiger partial charge is 0.497 e. The second-order valence-corrected chi connectivity index (χ2v) is 7.81. The molecule has 160 valence electrons. The van der Waals surface area contributed by atoms with Gasteiger partial charge in [-0.05, 0) is 49.1 Å². The normalized spacial score (nSPS) is 14.9. The van der Waals surface area contributed by atoms with Gasteiger partial charge in [-0.3, -0.25) is 9.59 Å². The highest BCUT2D eigenvalue weighted by molar-refractivity contribution is 5.88. The summed E-state index contributed by atoms with van der Waals surface area (Å²) in [5.74, 6) is -0.212. The van der Waals surface area contributed by atoms with Gasteiger partial charge < -0.3 is 15.0 Å². The van der Waals surface area contributed by atoms with E-state index >= 15 is 0 Å². The van der Waals surface area contributed by atoms with Gasteiger partial charge in [0.15, 0.2) is 0 Å². The van der Waals surface area contributed by atoms with Gasteiger partial charge in [0.2, 0.25) is 11.8 Å². The molecule has 0 radical (unpaired) electrons. The molecule has 0 bridgehead atoms. The molecule has 1 atom stereocenters. The highest BCUT2D eigenvalue weighted by Crippen LogP contribution is 2.20. The maximum atomic E-state index is 14.1. The Hall–Kier alpha value is -2.89. The SMILES string of the molecule is COc1cccc(CN(C(=O)Cc2ccccc2F)[C@H](C)C(=O)NC2CCCC2)c1. The molecule has 1 N–H and O–H groups in total. The number of carbonyl (C=O) groups is 2. The number of rotatable bonds is 8. The number of hydrogen-bond donors (Lipinski definition) is 1. The molecule has 0 aromatic heterocycles. The minimum Gasteiger partial charge on any atom is -0.497 e. The Labute approximate surface area is 177 Å². The number of carbonyl (C=O) groups excluding carboxylic acids is 2. The zero-order valence-electron chi connectivity index (χ0n) is 17.6. The zero-order chi connectivity index (χ0) is 21.5. The van der Waals surface area contributed by atoms with Gasteiger partial charge in [-0.25, -0.2) is 4.39 Å². The first-order chi connectivity index (χ1) is 14.5. The van der Waals surface area contributed by atoms with Crippen LogP contribution in [0, 0.1) is 5.82 Å². The van der Waals surface area contributed by atoms with Crippen LogP contribution in [0.1, 0.15) is 43.7 Å². The summed E-state index contributed by atoms with van der Waals surface area (Å²) in [6, 6.07) is 13.1. The van der Waals surface area contributed by atoms with Gasteiger partial charge in [0.05, 0.1) is 13.5 Å². The highest BCUT2D eigenvalue weighted by Gasteiger charge is 2.29. The van der Waals surface area contributed by atoms with Crippen molar-refractivity contribution in [3.05, 3.63) is 65.5 Å². The summed E-state index contributed by atoms with van der Waals surface area (Å²) < 4.78 is 19.4. The Balaban J connectivity index is 1.79. The van der Waals surface area contributed by atoms with E-state index in [1.54, 1.807) is 32.2 Å². The molecule has 1 saturated carbocycles. The van der Waals surface area contributed by atoms with Crippen molar-refractivity contribution in [2.75, 3.05) is 7.11 Å². The van der Waals surface area contributed by atoms with Crippen molar-refractivity contribution >= 4 is 11.8 Å².